The summed E-state index contributed by atoms with van der Waals surface area (Å²) in [6.07, 6.45) is 5.07. The van der Waals surface area contributed by atoms with Crippen molar-refractivity contribution < 1.29 is 0 Å². The number of halogens is 1. The Labute approximate surface area is 80.2 Å². The number of aryl methyl sites for hydroxylation is 1. The van der Waals surface area contributed by atoms with Gasteiger partial charge in [-0.15, -0.1) is 0 Å². The Kier molecular flexibility index (Phi) is 1.98. The van der Waals surface area contributed by atoms with Crippen molar-refractivity contribution in [1.82, 2.24) is 19.5 Å². The van der Waals surface area contributed by atoms with E-state index in [1.165, 1.54) is 0 Å². The molecule has 0 spiro atoms. The second-order valence-electron chi connectivity index (χ2n) is 2.60. The largest absolute Gasteiger partial charge is 0.274 e. The van der Waals surface area contributed by atoms with Crippen LogP contribution in [0.3, 0.4) is 0 Å². The van der Waals surface area contributed by atoms with Gasteiger partial charge in [0, 0.05) is 18.1 Å². The van der Waals surface area contributed by atoms with Crippen LogP contribution in [0.15, 0.2) is 24.8 Å². The van der Waals surface area contributed by atoms with Crippen molar-refractivity contribution in [3.05, 3.63) is 35.6 Å². The Morgan fingerprint density at radius 1 is 1.38 bits per heavy atom. The number of hydrogen-bond donors (Lipinski definition) is 0. The molecule has 4 nitrogen and oxygen atoms in total. The highest BCUT2D eigenvalue weighted by molar-refractivity contribution is 6.29. The Balaban J connectivity index is 2.53. The first-order chi connectivity index (χ1) is 6.25. The lowest BCUT2D eigenvalue weighted by atomic mass is 10.5. The second kappa shape index (κ2) is 3.14. The summed E-state index contributed by atoms with van der Waals surface area (Å²) in [5.41, 5.74) is 0.837. The molecule has 2 heterocycles. The van der Waals surface area contributed by atoms with E-state index in [9.17, 15) is 0 Å². The Morgan fingerprint density at radius 2 is 2.23 bits per heavy atom. The molecular formula is C8H7ClN4. The van der Waals surface area contributed by atoms with E-state index >= 15 is 0 Å². The maximum atomic E-state index is 5.78. The highest BCUT2D eigenvalue weighted by Crippen LogP contribution is 2.08. The van der Waals surface area contributed by atoms with Crippen molar-refractivity contribution in [3.8, 4) is 5.95 Å². The Bertz CT molecular complexity index is 390. The fourth-order valence-electron chi connectivity index (χ4n) is 1.01. The van der Waals surface area contributed by atoms with Crippen LogP contribution in [-0.2, 0) is 0 Å². The van der Waals surface area contributed by atoms with Gasteiger partial charge >= 0.3 is 0 Å². The topological polar surface area (TPSA) is 43.6 Å². The van der Waals surface area contributed by atoms with Gasteiger partial charge in [-0.3, -0.25) is 4.57 Å². The smallest absolute Gasteiger partial charge is 0.236 e. The first-order valence-corrected chi connectivity index (χ1v) is 4.13. The molecule has 0 saturated heterocycles. The van der Waals surface area contributed by atoms with Gasteiger partial charge in [0.25, 0.3) is 0 Å². The number of hydrogen-bond acceptors (Lipinski definition) is 3. The summed E-state index contributed by atoms with van der Waals surface area (Å²) in [5, 5.41) is 0.441. The van der Waals surface area contributed by atoms with Crippen molar-refractivity contribution in [1.29, 1.82) is 0 Å². The van der Waals surface area contributed by atoms with Crippen LogP contribution in [0.25, 0.3) is 5.95 Å². The Hall–Kier alpha value is -1.42. The first kappa shape index (κ1) is 8.19. The molecule has 0 atom stereocenters. The first-order valence-electron chi connectivity index (χ1n) is 3.75. The van der Waals surface area contributed by atoms with Gasteiger partial charge in [-0.1, -0.05) is 11.6 Å². The Morgan fingerprint density at radius 3 is 2.85 bits per heavy atom. The van der Waals surface area contributed by atoms with Gasteiger partial charge in [-0.05, 0) is 13.0 Å². The second-order valence-corrected chi connectivity index (χ2v) is 2.99. The molecule has 2 rings (SSSR count). The highest BCUT2D eigenvalue weighted by Gasteiger charge is 2.01. The minimum atomic E-state index is 0.441. The number of imidazole rings is 1. The monoisotopic (exact) mass is 194 g/mol. The molecule has 0 aliphatic rings. The van der Waals surface area contributed by atoms with E-state index in [2.05, 4.69) is 15.0 Å². The zero-order valence-electron chi connectivity index (χ0n) is 6.98. The summed E-state index contributed by atoms with van der Waals surface area (Å²) in [4.78, 5) is 12.2. The van der Waals surface area contributed by atoms with E-state index in [0.29, 0.717) is 11.1 Å². The molecular weight excluding hydrogens is 188 g/mol. The zero-order chi connectivity index (χ0) is 9.26. The summed E-state index contributed by atoms with van der Waals surface area (Å²) in [6, 6.07) is 1.71. The van der Waals surface area contributed by atoms with Crippen LogP contribution in [-0.4, -0.2) is 19.5 Å². The lowest BCUT2D eigenvalue weighted by molar-refractivity contribution is 0.910. The lowest BCUT2D eigenvalue weighted by Gasteiger charge is -2.00. The minimum absolute atomic E-state index is 0.441. The van der Waals surface area contributed by atoms with Gasteiger partial charge in [0.05, 0.1) is 0 Å². The predicted molar refractivity (Wildman–Crippen MR) is 48.9 cm³/mol. The molecule has 0 unspecified atom stereocenters. The van der Waals surface area contributed by atoms with E-state index in [4.69, 9.17) is 11.6 Å². The van der Waals surface area contributed by atoms with Gasteiger partial charge in [0.15, 0.2) is 0 Å². The summed E-state index contributed by atoms with van der Waals surface area (Å²) < 4.78 is 1.71. The predicted octanol–water partition coefficient (Wildman–Crippen LogP) is 1.62. The van der Waals surface area contributed by atoms with Crippen molar-refractivity contribution >= 4 is 11.6 Å². The molecule has 0 aromatic carbocycles. The van der Waals surface area contributed by atoms with Crippen molar-refractivity contribution in [2.24, 2.45) is 0 Å². The molecule has 0 amide bonds. The van der Waals surface area contributed by atoms with E-state index in [1.54, 1.807) is 29.4 Å². The van der Waals surface area contributed by atoms with Crippen LogP contribution in [0, 0.1) is 6.92 Å². The standard InChI is InChI=1S/C8H7ClN4/c1-6-4-7(9)12-8(11-6)13-3-2-10-5-13/h2-5H,1H3. The summed E-state index contributed by atoms with van der Waals surface area (Å²) >= 11 is 5.78. The average Bonchev–Trinajstić information content (AvgIpc) is 2.53. The van der Waals surface area contributed by atoms with Gasteiger partial charge in [0.2, 0.25) is 5.95 Å². The maximum absolute atomic E-state index is 5.78. The van der Waals surface area contributed by atoms with E-state index < -0.39 is 0 Å². The molecule has 13 heavy (non-hydrogen) atoms. The van der Waals surface area contributed by atoms with Crippen LogP contribution >= 0.6 is 11.6 Å². The average molecular weight is 195 g/mol. The number of nitrogens with zero attached hydrogens (tertiary/aromatic N) is 4. The van der Waals surface area contributed by atoms with Crippen molar-refractivity contribution in [2.45, 2.75) is 6.92 Å². The zero-order valence-corrected chi connectivity index (χ0v) is 7.73. The fraction of sp³-hybridized carbons (Fsp3) is 0.125. The van der Waals surface area contributed by atoms with Gasteiger partial charge in [-0.2, -0.15) is 0 Å². The summed E-state index contributed by atoms with van der Waals surface area (Å²) in [6.45, 7) is 1.87. The molecule has 0 N–H and O–H groups in total. The molecule has 0 saturated carbocycles. The van der Waals surface area contributed by atoms with E-state index in [0.717, 1.165) is 5.69 Å². The summed E-state index contributed by atoms with van der Waals surface area (Å²) in [5.74, 6) is 0.544. The third-order valence-corrected chi connectivity index (χ3v) is 1.74. The molecule has 0 aliphatic heterocycles. The molecule has 5 heteroatoms. The fourth-order valence-corrected chi connectivity index (χ4v) is 1.24. The minimum Gasteiger partial charge on any atom is -0.274 e. The number of rotatable bonds is 1. The van der Waals surface area contributed by atoms with Crippen molar-refractivity contribution in [3.63, 3.8) is 0 Å². The quantitative estimate of drug-likeness (QED) is 0.648. The van der Waals surface area contributed by atoms with E-state index in [-0.39, 0.29) is 0 Å². The molecule has 2 aromatic rings. The normalized spacial score (nSPS) is 10.3. The molecule has 0 aliphatic carbocycles. The SMILES string of the molecule is Cc1cc(Cl)nc(-n2ccnc2)n1. The molecule has 2 aromatic heterocycles. The van der Waals surface area contributed by atoms with Crippen LogP contribution in [0.5, 0.6) is 0 Å². The summed E-state index contributed by atoms with van der Waals surface area (Å²) in [7, 11) is 0. The van der Waals surface area contributed by atoms with Crippen molar-refractivity contribution in [2.75, 3.05) is 0 Å². The van der Waals surface area contributed by atoms with Crippen LogP contribution in [0.2, 0.25) is 5.15 Å². The lowest BCUT2D eigenvalue weighted by Crippen LogP contribution is -1.99. The van der Waals surface area contributed by atoms with Crippen LogP contribution < -0.4 is 0 Å². The molecule has 0 radical (unpaired) electrons. The van der Waals surface area contributed by atoms with Crippen LogP contribution in [0.1, 0.15) is 5.69 Å². The molecule has 0 fully saturated rings. The van der Waals surface area contributed by atoms with Crippen LogP contribution in [0.4, 0.5) is 0 Å². The van der Waals surface area contributed by atoms with E-state index in [1.807, 2.05) is 6.92 Å². The third-order valence-electron chi connectivity index (χ3n) is 1.55. The molecule has 66 valence electrons. The molecule has 0 bridgehead atoms. The van der Waals surface area contributed by atoms with Gasteiger partial charge in [0.1, 0.15) is 11.5 Å². The maximum Gasteiger partial charge on any atom is 0.236 e. The third kappa shape index (κ3) is 1.67. The highest BCUT2D eigenvalue weighted by atomic mass is 35.5. The van der Waals surface area contributed by atoms with Gasteiger partial charge in [-0.25, -0.2) is 15.0 Å². The van der Waals surface area contributed by atoms with Gasteiger partial charge < -0.3 is 0 Å². The number of aromatic nitrogens is 4.